The van der Waals surface area contributed by atoms with Crippen molar-refractivity contribution in [2.24, 2.45) is 10.6 Å². The summed E-state index contributed by atoms with van der Waals surface area (Å²) in [4.78, 5) is 14.8. The number of allylic oxidation sites excluding steroid dienone is 2. The molecular weight excluding hydrogens is 408 g/mol. The first-order valence-corrected chi connectivity index (χ1v) is 11.0. The van der Waals surface area contributed by atoms with Gasteiger partial charge in [0, 0.05) is 22.6 Å². The van der Waals surface area contributed by atoms with Gasteiger partial charge in [-0.2, -0.15) is 0 Å². The van der Waals surface area contributed by atoms with Gasteiger partial charge in [0.25, 0.3) is 0 Å². The van der Waals surface area contributed by atoms with Gasteiger partial charge in [0.1, 0.15) is 17.2 Å². The van der Waals surface area contributed by atoms with Crippen LogP contribution in [-0.2, 0) is 4.79 Å². The van der Waals surface area contributed by atoms with Crippen LogP contribution in [0.4, 0.5) is 0 Å². The Bertz CT molecular complexity index is 943. The summed E-state index contributed by atoms with van der Waals surface area (Å²) >= 11 is 7.14. The van der Waals surface area contributed by atoms with Crippen LogP contribution in [0.1, 0.15) is 37.5 Å². The summed E-state index contributed by atoms with van der Waals surface area (Å²) in [6, 6.07) is 6.36. The Hall–Kier alpha value is -1.80. The van der Waals surface area contributed by atoms with E-state index in [1.54, 1.807) is 18.4 Å². The fourth-order valence-corrected chi connectivity index (χ4v) is 5.01. The van der Waals surface area contributed by atoms with E-state index in [1.165, 1.54) is 37.6 Å². The molecule has 8 heteroatoms. The van der Waals surface area contributed by atoms with Crippen LogP contribution in [0.15, 0.2) is 46.5 Å². The van der Waals surface area contributed by atoms with Crippen molar-refractivity contribution in [3.8, 4) is 0 Å². The van der Waals surface area contributed by atoms with Gasteiger partial charge >= 0.3 is 0 Å². The molecule has 1 spiro atoms. The topological polar surface area (TPSA) is 93.2 Å². The molecule has 2 saturated carbocycles. The molecular formula is C21H25ClN4O2S. The quantitative estimate of drug-likeness (QED) is 0.498. The molecule has 0 bridgehead atoms. The van der Waals surface area contributed by atoms with Crippen molar-refractivity contribution in [3.05, 3.63) is 53.0 Å². The van der Waals surface area contributed by atoms with Crippen molar-refractivity contribution in [3.63, 3.8) is 0 Å². The van der Waals surface area contributed by atoms with Gasteiger partial charge in [-0.1, -0.05) is 23.5 Å². The molecule has 0 amide bonds. The molecule has 1 aromatic heterocycles. The zero-order valence-corrected chi connectivity index (χ0v) is 17.8. The van der Waals surface area contributed by atoms with Crippen molar-refractivity contribution in [1.29, 1.82) is 0 Å². The second-order valence-corrected chi connectivity index (χ2v) is 9.22. The number of oxazole rings is 1. The average molecular weight is 433 g/mol. The lowest BCUT2D eigenvalue weighted by Crippen LogP contribution is -2.53. The highest BCUT2D eigenvalue weighted by molar-refractivity contribution is 7.97. The number of dihydropyridines is 1. The number of aldehydes is 1. The van der Waals surface area contributed by atoms with Crippen LogP contribution in [0.5, 0.6) is 0 Å². The minimum Gasteiger partial charge on any atom is -0.440 e. The largest absolute Gasteiger partial charge is 0.440 e. The van der Waals surface area contributed by atoms with E-state index in [0.717, 1.165) is 29.3 Å². The third-order valence-corrected chi connectivity index (χ3v) is 6.80. The zero-order chi connectivity index (χ0) is 20.4. The summed E-state index contributed by atoms with van der Waals surface area (Å²) in [5.74, 6) is 1.40. The molecule has 2 fully saturated rings. The van der Waals surface area contributed by atoms with E-state index >= 15 is 0 Å². The normalized spacial score (nSPS) is 29.9. The summed E-state index contributed by atoms with van der Waals surface area (Å²) < 4.78 is 5.86. The fourth-order valence-electron chi connectivity index (χ4n) is 4.45. The van der Waals surface area contributed by atoms with Gasteiger partial charge in [-0.25, -0.2) is 4.98 Å². The number of fused-ring (bicyclic) bond motifs is 1. The van der Waals surface area contributed by atoms with Crippen molar-refractivity contribution in [1.82, 2.24) is 15.6 Å². The van der Waals surface area contributed by atoms with Gasteiger partial charge in [0.2, 0.25) is 0 Å². The van der Waals surface area contributed by atoms with Crippen molar-refractivity contribution in [2.75, 3.05) is 7.05 Å². The number of carbonyl (C=O) groups excluding carboxylic acids is 1. The van der Waals surface area contributed by atoms with Crippen LogP contribution in [0.3, 0.4) is 0 Å². The Morgan fingerprint density at radius 3 is 2.86 bits per heavy atom. The molecule has 1 aromatic carbocycles. The number of aromatic nitrogens is 1. The Balaban J connectivity index is 0.000000174. The van der Waals surface area contributed by atoms with E-state index in [0.29, 0.717) is 21.9 Å². The van der Waals surface area contributed by atoms with Gasteiger partial charge in [-0.3, -0.25) is 9.93 Å². The summed E-state index contributed by atoms with van der Waals surface area (Å²) in [6.45, 7) is 0. The fraction of sp³-hybridized carbons (Fsp3) is 0.429. The molecule has 2 aliphatic carbocycles. The highest BCUT2D eigenvalue weighted by Gasteiger charge is 2.53. The summed E-state index contributed by atoms with van der Waals surface area (Å²) in [6.07, 6.45) is 11.1. The molecule has 0 radical (unpaired) electrons. The molecule has 29 heavy (non-hydrogen) atoms. The van der Waals surface area contributed by atoms with E-state index in [1.807, 2.05) is 18.2 Å². The van der Waals surface area contributed by atoms with E-state index in [2.05, 4.69) is 22.7 Å². The lowest BCUT2D eigenvalue weighted by atomic mass is 9.50. The monoisotopic (exact) mass is 432 g/mol. The van der Waals surface area contributed by atoms with Gasteiger partial charge < -0.3 is 15.1 Å². The average Bonchev–Trinajstić information content (AvgIpc) is 3.09. The molecule has 2 heterocycles. The molecule has 154 valence electrons. The first-order chi connectivity index (χ1) is 14.0. The van der Waals surface area contributed by atoms with Gasteiger partial charge in [-0.05, 0) is 74.7 Å². The molecule has 6 nitrogen and oxygen atoms in total. The smallest absolute Gasteiger partial charge is 0.198 e. The van der Waals surface area contributed by atoms with Gasteiger partial charge in [0.05, 0.1) is 0 Å². The standard InChI is InChI=1S/C15H17ClN2O.C6H8N2OS/c1-17-11-7-15(8-11)5-9(6-15)14-18-12-4-10(16)2-3-13(12)19-14;7-10-6-3-5(4-9)1-2-8-6/h2-4,9,11,17H,5-8H2,1H3;1-4,6,8H,7H2. The third-order valence-electron chi connectivity index (χ3n) is 6.00. The van der Waals surface area contributed by atoms with Crippen LogP contribution in [0, 0.1) is 5.41 Å². The first-order valence-electron chi connectivity index (χ1n) is 9.72. The van der Waals surface area contributed by atoms with E-state index in [-0.39, 0.29) is 5.37 Å². The summed E-state index contributed by atoms with van der Waals surface area (Å²) in [7, 11) is 2.05. The lowest BCUT2D eigenvalue weighted by Gasteiger charge is -2.57. The minimum atomic E-state index is 0.0326. The van der Waals surface area contributed by atoms with Gasteiger partial charge in [0.15, 0.2) is 11.5 Å². The zero-order valence-electron chi connectivity index (χ0n) is 16.2. The second kappa shape index (κ2) is 8.52. The molecule has 4 N–H and O–H groups in total. The number of hydrogen-bond donors (Lipinski definition) is 3. The highest BCUT2D eigenvalue weighted by atomic mass is 35.5. The Kier molecular flexibility index (Phi) is 6.01. The lowest BCUT2D eigenvalue weighted by molar-refractivity contribution is -0.104. The van der Waals surface area contributed by atoms with Crippen LogP contribution in [-0.4, -0.2) is 29.7 Å². The Labute approximate surface area is 179 Å². The summed E-state index contributed by atoms with van der Waals surface area (Å²) in [5, 5.41) is 12.3. The minimum absolute atomic E-state index is 0.0326. The molecule has 3 aliphatic rings. The first kappa shape index (κ1) is 20.5. The van der Waals surface area contributed by atoms with Crippen molar-refractivity contribution in [2.45, 2.75) is 43.0 Å². The van der Waals surface area contributed by atoms with E-state index < -0.39 is 0 Å². The van der Waals surface area contributed by atoms with Crippen LogP contribution in [0.2, 0.25) is 5.02 Å². The van der Waals surface area contributed by atoms with Crippen LogP contribution in [0.25, 0.3) is 11.1 Å². The number of carbonyl (C=O) groups is 1. The number of hydrogen-bond acceptors (Lipinski definition) is 7. The third kappa shape index (κ3) is 4.38. The predicted molar refractivity (Wildman–Crippen MR) is 117 cm³/mol. The maximum Gasteiger partial charge on any atom is 0.198 e. The number of halogens is 1. The molecule has 5 rings (SSSR count). The summed E-state index contributed by atoms with van der Waals surface area (Å²) in [5.41, 5.74) is 2.98. The number of nitrogens with zero attached hydrogens (tertiary/aromatic N) is 1. The van der Waals surface area contributed by atoms with Gasteiger partial charge in [-0.15, -0.1) is 0 Å². The molecule has 0 saturated heterocycles. The van der Waals surface area contributed by atoms with E-state index in [4.69, 9.17) is 21.2 Å². The molecule has 2 aromatic rings. The van der Waals surface area contributed by atoms with Crippen molar-refractivity contribution >= 4 is 40.9 Å². The predicted octanol–water partition coefficient (Wildman–Crippen LogP) is 3.89. The van der Waals surface area contributed by atoms with Crippen molar-refractivity contribution < 1.29 is 9.21 Å². The Morgan fingerprint density at radius 2 is 2.17 bits per heavy atom. The second-order valence-electron chi connectivity index (χ2n) is 8.00. The number of nitrogens with one attached hydrogen (secondary N) is 2. The number of benzene rings is 1. The highest BCUT2D eigenvalue weighted by Crippen LogP contribution is 2.61. The maximum atomic E-state index is 10.2. The van der Waals surface area contributed by atoms with Crippen LogP contribution < -0.4 is 15.8 Å². The van der Waals surface area contributed by atoms with Crippen LogP contribution >= 0.6 is 23.5 Å². The SMILES string of the molecule is CNC1CC2(C1)CC(c1nc3cc(Cl)ccc3o1)C2.NSC1C=C(C=O)C=CN1. The number of nitrogens with two attached hydrogens (primary N) is 1. The maximum absolute atomic E-state index is 10.2. The molecule has 1 unspecified atom stereocenters. The molecule has 1 atom stereocenters. The molecule has 1 aliphatic heterocycles. The van der Waals surface area contributed by atoms with E-state index in [9.17, 15) is 4.79 Å². The Morgan fingerprint density at radius 1 is 1.38 bits per heavy atom. The number of rotatable bonds is 4.